The van der Waals surface area contributed by atoms with Crippen molar-refractivity contribution in [2.75, 3.05) is 5.32 Å². The summed E-state index contributed by atoms with van der Waals surface area (Å²) in [4.78, 5) is 20.6. The summed E-state index contributed by atoms with van der Waals surface area (Å²) in [5.41, 5.74) is 2.77. The number of carbonyl (C=O) groups excluding carboxylic acids is 1. The van der Waals surface area contributed by atoms with E-state index in [9.17, 15) is 4.79 Å². The molecule has 27 heavy (non-hydrogen) atoms. The van der Waals surface area contributed by atoms with Gasteiger partial charge >= 0.3 is 0 Å². The summed E-state index contributed by atoms with van der Waals surface area (Å²) >= 11 is 1.47. The largest absolute Gasteiger partial charge is 0.306 e. The van der Waals surface area contributed by atoms with E-state index < -0.39 is 0 Å². The summed E-state index contributed by atoms with van der Waals surface area (Å²) < 4.78 is 1.76. The number of aromatic nitrogens is 4. The van der Waals surface area contributed by atoms with Crippen LogP contribution in [-0.2, 0) is 4.79 Å². The summed E-state index contributed by atoms with van der Waals surface area (Å²) in [7, 11) is 0. The van der Waals surface area contributed by atoms with Gasteiger partial charge in [-0.2, -0.15) is 5.10 Å². The summed E-state index contributed by atoms with van der Waals surface area (Å²) in [5.74, 6) is 0.287. The Kier molecular flexibility index (Phi) is 4.84. The highest BCUT2D eigenvalue weighted by Gasteiger charge is 2.06. The van der Waals surface area contributed by atoms with E-state index >= 15 is 0 Å². The lowest BCUT2D eigenvalue weighted by Crippen LogP contribution is -2.07. The molecular formula is C20H15N5OS. The van der Waals surface area contributed by atoms with E-state index in [4.69, 9.17) is 0 Å². The first-order chi connectivity index (χ1) is 13.3. The average molecular weight is 373 g/mol. The first kappa shape index (κ1) is 16.9. The van der Waals surface area contributed by atoms with Crippen LogP contribution in [0.3, 0.4) is 0 Å². The number of amides is 1. The van der Waals surface area contributed by atoms with Gasteiger partial charge in [-0.15, -0.1) is 11.3 Å². The Morgan fingerprint density at radius 1 is 1.11 bits per heavy atom. The van der Waals surface area contributed by atoms with E-state index in [1.165, 1.54) is 17.4 Å². The van der Waals surface area contributed by atoms with Gasteiger partial charge in [0.15, 0.2) is 0 Å². The van der Waals surface area contributed by atoms with E-state index in [1.54, 1.807) is 29.3 Å². The van der Waals surface area contributed by atoms with E-state index in [-0.39, 0.29) is 5.91 Å². The minimum atomic E-state index is -0.242. The summed E-state index contributed by atoms with van der Waals surface area (Å²) in [6.45, 7) is 0. The Hall–Kier alpha value is -3.58. The topological polar surface area (TPSA) is 72.7 Å². The molecule has 0 bridgehead atoms. The number of nitrogens with zero attached hydrogens (tertiary/aromatic N) is 4. The van der Waals surface area contributed by atoms with Gasteiger partial charge in [0.1, 0.15) is 10.8 Å². The summed E-state index contributed by atoms with van der Waals surface area (Å²) in [6, 6.07) is 13.6. The van der Waals surface area contributed by atoms with Crippen LogP contribution in [0.2, 0.25) is 0 Å². The fraction of sp³-hybridized carbons (Fsp3) is 0. The van der Waals surface area contributed by atoms with Gasteiger partial charge in [-0.3, -0.25) is 9.78 Å². The average Bonchev–Trinajstić information content (AvgIpc) is 3.37. The second-order valence-corrected chi connectivity index (χ2v) is 6.51. The highest BCUT2D eigenvalue weighted by atomic mass is 32.1. The van der Waals surface area contributed by atoms with E-state index in [2.05, 4.69) is 20.4 Å². The molecular weight excluding hydrogens is 358 g/mol. The van der Waals surface area contributed by atoms with Crippen molar-refractivity contribution in [1.29, 1.82) is 0 Å². The van der Waals surface area contributed by atoms with Gasteiger partial charge in [0.05, 0.1) is 11.9 Å². The molecule has 7 heteroatoms. The van der Waals surface area contributed by atoms with Crippen LogP contribution < -0.4 is 5.32 Å². The zero-order valence-electron chi connectivity index (χ0n) is 14.2. The fourth-order valence-corrected chi connectivity index (χ4v) is 3.20. The quantitative estimate of drug-likeness (QED) is 0.536. The van der Waals surface area contributed by atoms with Crippen molar-refractivity contribution in [2.45, 2.75) is 0 Å². The van der Waals surface area contributed by atoms with Crippen molar-refractivity contribution in [2.24, 2.45) is 0 Å². The molecule has 3 aromatic heterocycles. The monoisotopic (exact) mass is 373 g/mol. The number of pyridine rings is 1. The third-order valence-corrected chi connectivity index (χ3v) is 4.62. The molecule has 0 saturated heterocycles. The number of para-hydroxylation sites is 1. The predicted octanol–water partition coefficient (Wildman–Crippen LogP) is 4.04. The van der Waals surface area contributed by atoms with Gasteiger partial charge in [-0.05, 0) is 30.3 Å². The number of benzene rings is 1. The van der Waals surface area contributed by atoms with Crippen molar-refractivity contribution < 1.29 is 4.79 Å². The Bertz CT molecular complexity index is 1070. The van der Waals surface area contributed by atoms with Gasteiger partial charge in [0.25, 0.3) is 0 Å². The molecule has 0 atom stereocenters. The molecule has 1 amide bonds. The highest BCUT2D eigenvalue weighted by molar-refractivity contribution is 7.13. The lowest BCUT2D eigenvalue weighted by molar-refractivity contribution is -0.111. The second-order valence-electron chi connectivity index (χ2n) is 5.65. The molecule has 0 aliphatic heterocycles. The molecule has 4 aromatic rings. The lowest BCUT2D eigenvalue weighted by Gasteiger charge is -1.98. The summed E-state index contributed by atoms with van der Waals surface area (Å²) in [5, 5.41) is 9.72. The molecule has 6 nitrogen and oxygen atoms in total. The van der Waals surface area contributed by atoms with Crippen molar-refractivity contribution >= 4 is 29.1 Å². The second kappa shape index (κ2) is 7.76. The highest BCUT2D eigenvalue weighted by Crippen LogP contribution is 2.25. The Balaban J connectivity index is 1.40. The van der Waals surface area contributed by atoms with E-state index in [0.717, 1.165) is 21.8 Å². The molecule has 0 saturated carbocycles. The molecule has 0 unspecified atom stereocenters. The van der Waals surface area contributed by atoms with Gasteiger partial charge < -0.3 is 5.32 Å². The molecule has 4 rings (SSSR count). The lowest BCUT2D eigenvalue weighted by atomic mass is 10.3. The Labute approximate surface area is 159 Å². The molecule has 0 fully saturated rings. The number of rotatable bonds is 5. The standard InChI is InChI=1S/C20H15N5OS/c26-19(23-18-14-27-20(24-18)16-8-10-21-11-9-16)7-6-15-12-22-25(13-15)17-4-2-1-3-5-17/h1-14H,(H,23,26)/b7-6+. The van der Waals surface area contributed by atoms with Crippen molar-refractivity contribution in [3.8, 4) is 16.3 Å². The molecule has 3 heterocycles. The number of anilines is 1. The van der Waals surface area contributed by atoms with Gasteiger partial charge in [-0.25, -0.2) is 9.67 Å². The predicted molar refractivity (Wildman–Crippen MR) is 107 cm³/mol. The molecule has 0 spiro atoms. The Morgan fingerprint density at radius 3 is 2.74 bits per heavy atom. The first-order valence-electron chi connectivity index (χ1n) is 8.23. The first-order valence-corrected chi connectivity index (χ1v) is 9.11. The third-order valence-electron chi connectivity index (χ3n) is 3.73. The molecule has 1 aromatic carbocycles. The van der Waals surface area contributed by atoms with Gasteiger partial charge in [-0.1, -0.05) is 18.2 Å². The molecule has 1 N–H and O–H groups in total. The zero-order chi connectivity index (χ0) is 18.5. The van der Waals surface area contributed by atoms with Crippen molar-refractivity contribution in [1.82, 2.24) is 19.7 Å². The minimum Gasteiger partial charge on any atom is -0.306 e. The normalized spacial score (nSPS) is 11.0. The van der Waals surface area contributed by atoms with Crippen LogP contribution in [0.25, 0.3) is 22.3 Å². The third kappa shape index (κ3) is 4.16. The maximum absolute atomic E-state index is 12.1. The summed E-state index contributed by atoms with van der Waals surface area (Å²) in [6.07, 6.45) is 10.2. The molecule has 0 aliphatic carbocycles. The minimum absolute atomic E-state index is 0.242. The molecule has 0 aliphatic rings. The molecule has 0 radical (unpaired) electrons. The maximum Gasteiger partial charge on any atom is 0.249 e. The van der Waals surface area contributed by atoms with Gasteiger partial charge in [0, 0.05) is 41.2 Å². The van der Waals surface area contributed by atoms with Crippen LogP contribution in [0, 0.1) is 0 Å². The number of thiazole rings is 1. The van der Waals surface area contributed by atoms with Gasteiger partial charge in [0.2, 0.25) is 5.91 Å². The van der Waals surface area contributed by atoms with Crippen LogP contribution in [0.4, 0.5) is 5.82 Å². The smallest absolute Gasteiger partial charge is 0.249 e. The van der Waals surface area contributed by atoms with Crippen molar-refractivity contribution in [3.05, 3.63) is 84.3 Å². The van der Waals surface area contributed by atoms with Crippen LogP contribution in [0.1, 0.15) is 5.56 Å². The van der Waals surface area contributed by atoms with Crippen LogP contribution in [-0.4, -0.2) is 25.7 Å². The van der Waals surface area contributed by atoms with E-state index in [1.807, 2.05) is 54.0 Å². The fourth-order valence-electron chi connectivity index (χ4n) is 2.44. The van der Waals surface area contributed by atoms with Crippen LogP contribution >= 0.6 is 11.3 Å². The SMILES string of the molecule is O=C(/C=C/c1cnn(-c2ccccc2)c1)Nc1csc(-c2ccncc2)n1. The number of hydrogen-bond acceptors (Lipinski definition) is 5. The number of hydrogen-bond donors (Lipinski definition) is 1. The maximum atomic E-state index is 12.1. The number of nitrogens with one attached hydrogen (secondary N) is 1. The number of carbonyl (C=O) groups is 1. The Morgan fingerprint density at radius 2 is 1.93 bits per heavy atom. The van der Waals surface area contributed by atoms with Crippen molar-refractivity contribution in [3.63, 3.8) is 0 Å². The van der Waals surface area contributed by atoms with Crippen LogP contribution in [0.15, 0.2) is 78.7 Å². The molecule has 132 valence electrons. The zero-order valence-corrected chi connectivity index (χ0v) is 15.0. The van der Waals surface area contributed by atoms with E-state index in [0.29, 0.717) is 5.82 Å². The van der Waals surface area contributed by atoms with Crippen LogP contribution in [0.5, 0.6) is 0 Å².